The Bertz CT molecular complexity index is 993. The lowest BCUT2D eigenvalue weighted by Crippen LogP contribution is -2.24. The molecule has 0 aliphatic heterocycles. The van der Waals surface area contributed by atoms with Crippen molar-refractivity contribution in [3.8, 4) is 5.69 Å². The Morgan fingerprint density at radius 2 is 1.92 bits per heavy atom. The van der Waals surface area contributed by atoms with Crippen molar-refractivity contribution >= 4 is 28.8 Å². The summed E-state index contributed by atoms with van der Waals surface area (Å²) in [5.41, 5.74) is 3.44. The fourth-order valence-electron chi connectivity index (χ4n) is 2.47. The average molecular weight is 364 g/mol. The van der Waals surface area contributed by atoms with Crippen LogP contribution in [0, 0.1) is 0 Å². The van der Waals surface area contributed by atoms with Crippen LogP contribution >= 0.6 is 11.8 Å². The van der Waals surface area contributed by atoms with Crippen LogP contribution in [0.15, 0.2) is 76.6 Å². The van der Waals surface area contributed by atoms with Gasteiger partial charge in [-0.25, -0.2) is 9.67 Å². The van der Waals surface area contributed by atoms with E-state index in [1.807, 2.05) is 60.8 Å². The molecule has 0 aliphatic carbocycles. The third kappa shape index (κ3) is 3.78. The zero-order chi connectivity index (χ0) is 17.8. The molecule has 0 atom stereocenters. The molecule has 130 valence electrons. The van der Waals surface area contributed by atoms with Gasteiger partial charge in [0, 0.05) is 18.3 Å². The first-order chi connectivity index (χ1) is 12.8. The van der Waals surface area contributed by atoms with Gasteiger partial charge in [-0.1, -0.05) is 42.1 Å². The number of carbonyl (C=O) groups is 1. The van der Waals surface area contributed by atoms with Crippen LogP contribution in [-0.4, -0.2) is 26.4 Å². The predicted octanol–water partition coefficient (Wildman–Crippen LogP) is 3.42. The summed E-state index contributed by atoms with van der Waals surface area (Å²) in [6.45, 7) is 0.430. The number of hydrogen-bond acceptors (Lipinski definition) is 5. The maximum atomic E-state index is 12.1. The topological polar surface area (TPSA) is 73.0 Å². The number of oxazole rings is 1. The van der Waals surface area contributed by atoms with E-state index in [0.717, 1.165) is 22.4 Å². The highest BCUT2D eigenvalue weighted by Gasteiger charge is 2.09. The number of thioether (sulfide) groups is 1. The molecule has 2 heterocycles. The van der Waals surface area contributed by atoms with Crippen LogP contribution in [0.25, 0.3) is 16.8 Å². The molecule has 0 radical (unpaired) electrons. The monoisotopic (exact) mass is 364 g/mol. The van der Waals surface area contributed by atoms with Crippen LogP contribution in [0.2, 0.25) is 0 Å². The van der Waals surface area contributed by atoms with Crippen molar-refractivity contribution in [1.82, 2.24) is 20.1 Å². The number of hydrogen-bond donors (Lipinski definition) is 1. The molecule has 0 unspecified atom stereocenters. The number of nitrogens with zero attached hydrogens (tertiary/aromatic N) is 3. The molecule has 4 rings (SSSR count). The molecule has 0 bridgehead atoms. The quantitative estimate of drug-likeness (QED) is 0.531. The van der Waals surface area contributed by atoms with Crippen molar-refractivity contribution in [2.45, 2.75) is 11.8 Å². The molecule has 7 heteroatoms. The SMILES string of the molecule is O=C(CSc1nc2ccccc2o1)NCc1cnn(-c2ccccc2)c1. The molecular weight excluding hydrogens is 348 g/mol. The minimum absolute atomic E-state index is 0.0790. The van der Waals surface area contributed by atoms with E-state index in [0.29, 0.717) is 11.8 Å². The molecule has 0 saturated carbocycles. The van der Waals surface area contributed by atoms with Crippen molar-refractivity contribution in [2.75, 3.05) is 5.75 Å². The molecule has 4 aromatic rings. The van der Waals surface area contributed by atoms with Crippen LogP contribution in [0.3, 0.4) is 0 Å². The van der Waals surface area contributed by atoms with Gasteiger partial charge in [0.25, 0.3) is 5.22 Å². The molecule has 0 saturated heterocycles. The van der Waals surface area contributed by atoms with E-state index >= 15 is 0 Å². The van der Waals surface area contributed by atoms with Gasteiger partial charge in [0.15, 0.2) is 5.58 Å². The fourth-order valence-corrected chi connectivity index (χ4v) is 3.13. The Kier molecular flexibility index (Phi) is 4.70. The molecule has 1 N–H and O–H groups in total. The molecule has 2 aromatic heterocycles. The Balaban J connectivity index is 1.29. The van der Waals surface area contributed by atoms with E-state index in [4.69, 9.17) is 4.42 Å². The number of para-hydroxylation sites is 3. The summed E-state index contributed by atoms with van der Waals surface area (Å²) in [4.78, 5) is 16.4. The van der Waals surface area contributed by atoms with Gasteiger partial charge in [-0.15, -0.1) is 0 Å². The van der Waals surface area contributed by atoms with Crippen molar-refractivity contribution < 1.29 is 9.21 Å². The van der Waals surface area contributed by atoms with Crippen molar-refractivity contribution in [2.24, 2.45) is 0 Å². The molecule has 26 heavy (non-hydrogen) atoms. The number of nitrogens with one attached hydrogen (secondary N) is 1. The Morgan fingerprint density at radius 3 is 2.77 bits per heavy atom. The van der Waals surface area contributed by atoms with Crippen LogP contribution < -0.4 is 5.32 Å². The largest absolute Gasteiger partial charge is 0.431 e. The highest BCUT2D eigenvalue weighted by atomic mass is 32.2. The number of benzene rings is 2. The fraction of sp³-hybridized carbons (Fsp3) is 0.105. The van der Waals surface area contributed by atoms with Gasteiger partial charge in [0.1, 0.15) is 5.52 Å². The van der Waals surface area contributed by atoms with E-state index in [1.54, 1.807) is 10.9 Å². The second-order valence-electron chi connectivity index (χ2n) is 5.64. The number of aromatic nitrogens is 3. The van der Waals surface area contributed by atoms with Gasteiger partial charge in [-0.2, -0.15) is 5.10 Å². The molecule has 0 spiro atoms. The van der Waals surface area contributed by atoms with Gasteiger partial charge < -0.3 is 9.73 Å². The van der Waals surface area contributed by atoms with Crippen LogP contribution in [0.1, 0.15) is 5.56 Å². The van der Waals surface area contributed by atoms with Crippen LogP contribution in [-0.2, 0) is 11.3 Å². The summed E-state index contributed by atoms with van der Waals surface area (Å²) in [5.74, 6) is 0.171. The Labute approximate surface area is 154 Å². The summed E-state index contributed by atoms with van der Waals surface area (Å²) in [6.07, 6.45) is 3.66. The van der Waals surface area contributed by atoms with Gasteiger partial charge in [0.05, 0.1) is 17.6 Å². The van der Waals surface area contributed by atoms with Crippen LogP contribution in [0.5, 0.6) is 0 Å². The first kappa shape index (κ1) is 16.4. The van der Waals surface area contributed by atoms with Crippen molar-refractivity contribution in [3.05, 3.63) is 72.6 Å². The van der Waals surface area contributed by atoms with E-state index in [1.165, 1.54) is 11.8 Å². The smallest absolute Gasteiger partial charge is 0.257 e. The predicted molar refractivity (Wildman–Crippen MR) is 100 cm³/mol. The summed E-state index contributed by atoms with van der Waals surface area (Å²) in [7, 11) is 0. The Hall–Kier alpha value is -3.06. The summed E-state index contributed by atoms with van der Waals surface area (Å²) >= 11 is 1.28. The lowest BCUT2D eigenvalue weighted by Gasteiger charge is -2.02. The van der Waals surface area contributed by atoms with Crippen molar-refractivity contribution in [3.63, 3.8) is 0 Å². The molecule has 6 nitrogen and oxygen atoms in total. The lowest BCUT2D eigenvalue weighted by molar-refractivity contribution is -0.118. The molecule has 0 aliphatic rings. The molecule has 1 amide bonds. The van der Waals surface area contributed by atoms with Gasteiger partial charge >= 0.3 is 0 Å². The second-order valence-corrected chi connectivity index (χ2v) is 6.57. The van der Waals surface area contributed by atoms with Gasteiger partial charge in [-0.05, 0) is 24.3 Å². The third-order valence-electron chi connectivity index (χ3n) is 3.75. The molecule has 0 fully saturated rings. The number of carbonyl (C=O) groups excluding carboxylic acids is 1. The maximum Gasteiger partial charge on any atom is 0.257 e. The van der Waals surface area contributed by atoms with Gasteiger partial charge in [-0.3, -0.25) is 4.79 Å². The molecular formula is C19H16N4O2S. The summed E-state index contributed by atoms with van der Waals surface area (Å²) in [5, 5.41) is 7.70. The van der Waals surface area contributed by atoms with E-state index in [-0.39, 0.29) is 11.7 Å². The summed E-state index contributed by atoms with van der Waals surface area (Å²) < 4.78 is 7.38. The maximum absolute atomic E-state index is 12.1. The van der Waals surface area contributed by atoms with Crippen LogP contribution in [0.4, 0.5) is 0 Å². The highest BCUT2D eigenvalue weighted by molar-refractivity contribution is 7.99. The van der Waals surface area contributed by atoms with Crippen molar-refractivity contribution in [1.29, 1.82) is 0 Å². The highest BCUT2D eigenvalue weighted by Crippen LogP contribution is 2.22. The third-order valence-corrected chi connectivity index (χ3v) is 4.58. The standard InChI is InChI=1S/C19H16N4O2S/c24-18(13-26-19-22-16-8-4-5-9-17(16)25-19)20-10-14-11-21-23(12-14)15-6-2-1-3-7-15/h1-9,11-12H,10,13H2,(H,20,24). The summed E-state index contributed by atoms with van der Waals surface area (Å²) in [6, 6.07) is 17.4. The second kappa shape index (κ2) is 7.45. The number of fused-ring (bicyclic) bond motifs is 1. The Morgan fingerprint density at radius 1 is 1.12 bits per heavy atom. The average Bonchev–Trinajstić information content (AvgIpc) is 3.32. The normalized spacial score (nSPS) is 10.9. The molecule has 2 aromatic carbocycles. The van der Waals surface area contributed by atoms with E-state index in [2.05, 4.69) is 15.4 Å². The number of amides is 1. The van der Waals surface area contributed by atoms with Gasteiger partial charge in [0.2, 0.25) is 5.91 Å². The zero-order valence-electron chi connectivity index (χ0n) is 13.8. The first-order valence-corrected chi connectivity index (χ1v) is 9.10. The zero-order valence-corrected chi connectivity index (χ0v) is 14.6. The van der Waals surface area contributed by atoms with E-state index < -0.39 is 0 Å². The number of rotatable bonds is 6. The minimum atomic E-state index is -0.0790. The first-order valence-electron chi connectivity index (χ1n) is 8.12. The minimum Gasteiger partial charge on any atom is -0.431 e. The van der Waals surface area contributed by atoms with E-state index in [9.17, 15) is 4.79 Å². The lowest BCUT2D eigenvalue weighted by atomic mass is 10.3.